The standard InChI is InChI=1S/C30H35N3O2/c1-6-32(7-2)17-23-12-14-29-24(15-23)16-25(35-29)19-34-30-10-8-9-26-22(5)33(18-27(26)30)28-13-11-20(3)31-21(28)4/h8-10,12,14-16,28,31H,3-7,11,13,17-19H2,1-2H3. The Morgan fingerprint density at radius 2 is 1.94 bits per heavy atom. The lowest BCUT2D eigenvalue weighted by molar-refractivity contribution is 0.262. The SMILES string of the molecule is C=C1CCC(N2Cc3c(OCc4cc5cc(CN(CC)CC)ccc5o4)cccc3C2=C)C(=C)N1. The van der Waals surface area contributed by atoms with Crippen LogP contribution in [0.1, 0.15) is 49.1 Å². The van der Waals surface area contributed by atoms with E-state index in [-0.39, 0.29) is 6.04 Å². The first-order valence-corrected chi connectivity index (χ1v) is 12.5. The van der Waals surface area contributed by atoms with E-state index in [1.54, 1.807) is 0 Å². The van der Waals surface area contributed by atoms with Crippen LogP contribution in [0.2, 0.25) is 0 Å². The topological polar surface area (TPSA) is 40.9 Å². The highest BCUT2D eigenvalue weighted by molar-refractivity contribution is 5.78. The number of nitrogens with one attached hydrogen (secondary N) is 1. The monoisotopic (exact) mass is 469 g/mol. The molecule has 1 unspecified atom stereocenters. The van der Waals surface area contributed by atoms with Crippen molar-refractivity contribution >= 4 is 16.7 Å². The molecule has 1 aromatic heterocycles. The largest absolute Gasteiger partial charge is 0.485 e. The van der Waals surface area contributed by atoms with Crippen LogP contribution in [0, 0.1) is 0 Å². The number of nitrogens with zero attached hydrogens (tertiary/aromatic N) is 2. The van der Waals surface area contributed by atoms with Gasteiger partial charge in [0.2, 0.25) is 0 Å². The first-order valence-electron chi connectivity index (χ1n) is 12.5. The van der Waals surface area contributed by atoms with Crippen molar-refractivity contribution < 1.29 is 9.15 Å². The molecule has 0 spiro atoms. The Balaban J connectivity index is 1.30. The Bertz CT molecular complexity index is 1280. The van der Waals surface area contributed by atoms with E-state index < -0.39 is 0 Å². The molecule has 5 nitrogen and oxygen atoms in total. The third-order valence-corrected chi connectivity index (χ3v) is 7.26. The number of hydrogen-bond donors (Lipinski definition) is 1. The number of ether oxygens (including phenoxy) is 1. The smallest absolute Gasteiger partial charge is 0.146 e. The molecule has 35 heavy (non-hydrogen) atoms. The molecule has 5 rings (SSSR count). The van der Waals surface area contributed by atoms with Gasteiger partial charge in [-0.3, -0.25) is 4.90 Å². The van der Waals surface area contributed by atoms with Crippen molar-refractivity contribution in [3.8, 4) is 5.75 Å². The van der Waals surface area contributed by atoms with Gasteiger partial charge in [0.1, 0.15) is 23.7 Å². The molecule has 0 aliphatic carbocycles. The van der Waals surface area contributed by atoms with Crippen LogP contribution >= 0.6 is 0 Å². The highest BCUT2D eigenvalue weighted by atomic mass is 16.5. The minimum atomic E-state index is 0.203. The van der Waals surface area contributed by atoms with Crippen LogP contribution in [-0.2, 0) is 19.7 Å². The predicted octanol–water partition coefficient (Wildman–Crippen LogP) is 6.42. The number of rotatable bonds is 8. The molecule has 3 aromatic rings. The average Bonchev–Trinajstić information content (AvgIpc) is 3.42. The average molecular weight is 470 g/mol. The summed E-state index contributed by atoms with van der Waals surface area (Å²) in [5.74, 6) is 1.71. The third kappa shape index (κ3) is 4.61. The summed E-state index contributed by atoms with van der Waals surface area (Å²) < 4.78 is 12.4. The predicted molar refractivity (Wildman–Crippen MR) is 143 cm³/mol. The summed E-state index contributed by atoms with van der Waals surface area (Å²) in [6.45, 7) is 21.3. The van der Waals surface area contributed by atoms with Crippen LogP contribution in [0.5, 0.6) is 5.75 Å². The molecule has 1 atom stereocenters. The Labute approximate surface area is 208 Å². The van der Waals surface area contributed by atoms with E-state index in [0.29, 0.717) is 6.61 Å². The van der Waals surface area contributed by atoms with Crippen LogP contribution < -0.4 is 10.1 Å². The summed E-state index contributed by atoms with van der Waals surface area (Å²) >= 11 is 0. The molecule has 1 saturated heterocycles. The molecule has 2 aliphatic heterocycles. The van der Waals surface area contributed by atoms with E-state index in [2.05, 4.69) is 79.0 Å². The summed E-state index contributed by atoms with van der Waals surface area (Å²) in [4.78, 5) is 4.74. The van der Waals surface area contributed by atoms with Gasteiger partial charge < -0.3 is 19.4 Å². The maximum atomic E-state index is 6.30. The summed E-state index contributed by atoms with van der Waals surface area (Å²) in [5.41, 5.74) is 7.56. The van der Waals surface area contributed by atoms with Gasteiger partial charge in [-0.2, -0.15) is 0 Å². The summed E-state index contributed by atoms with van der Waals surface area (Å²) in [7, 11) is 0. The van der Waals surface area contributed by atoms with E-state index in [1.807, 2.05) is 12.1 Å². The molecule has 0 bridgehead atoms. The Morgan fingerprint density at radius 3 is 2.71 bits per heavy atom. The van der Waals surface area contributed by atoms with Gasteiger partial charge in [0.15, 0.2) is 0 Å². The molecule has 1 N–H and O–H groups in total. The van der Waals surface area contributed by atoms with Gasteiger partial charge in [-0.15, -0.1) is 0 Å². The molecule has 0 saturated carbocycles. The van der Waals surface area contributed by atoms with Gasteiger partial charge >= 0.3 is 0 Å². The van der Waals surface area contributed by atoms with E-state index >= 15 is 0 Å². The van der Waals surface area contributed by atoms with Crippen LogP contribution in [0.3, 0.4) is 0 Å². The molecule has 182 valence electrons. The van der Waals surface area contributed by atoms with Crippen molar-refractivity contribution in [2.24, 2.45) is 0 Å². The molecule has 2 aliphatic rings. The minimum Gasteiger partial charge on any atom is -0.485 e. The van der Waals surface area contributed by atoms with Crippen molar-refractivity contribution in [3.63, 3.8) is 0 Å². The van der Waals surface area contributed by atoms with E-state index in [0.717, 1.165) is 84.2 Å². The van der Waals surface area contributed by atoms with Crippen molar-refractivity contribution in [2.75, 3.05) is 13.1 Å². The second kappa shape index (κ2) is 9.67. The summed E-state index contributed by atoms with van der Waals surface area (Å²) in [6.07, 6.45) is 1.93. The van der Waals surface area contributed by atoms with Crippen molar-refractivity contribution in [1.29, 1.82) is 0 Å². The molecule has 2 aromatic carbocycles. The van der Waals surface area contributed by atoms with E-state index in [9.17, 15) is 0 Å². The van der Waals surface area contributed by atoms with Crippen LogP contribution in [0.4, 0.5) is 0 Å². The zero-order chi connectivity index (χ0) is 24.5. The van der Waals surface area contributed by atoms with Gasteiger partial charge in [-0.1, -0.05) is 51.8 Å². The number of furan rings is 1. The second-order valence-corrected chi connectivity index (χ2v) is 9.50. The zero-order valence-electron chi connectivity index (χ0n) is 20.9. The summed E-state index contributed by atoms with van der Waals surface area (Å²) in [6, 6.07) is 15.0. The molecular weight excluding hydrogens is 434 g/mol. The molecule has 5 heteroatoms. The van der Waals surface area contributed by atoms with Gasteiger partial charge in [-0.05, 0) is 55.8 Å². The fourth-order valence-electron chi connectivity index (χ4n) is 5.23. The molecule has 1 fully saturated rings. The van der Waals surface area contributed by atoms with Crippen molar-refractivity contribution in [2.45, 2.75) is 52.4 Å². The molecule has 0 amide bonds. The first kappa shape index (κ1) is 23.3. The maximum absolute atomic E-state index is 6.30. The quantitative estimate of drug-likeness (QED) is 0.412. The van der Waals surface area contributed by atoms with Gasteiger partial charge in [0.05, 0.1) is 6.04 Å². The number of hydrogen-bond acceptors (Lipinski definition) is 5. The zero-order valence-corrected chi connectivity index (χ0v) is 20.9. The fourth-order valence-corrected chi connectivity index (χ4v) is 5.23. The number of benzene rings is 2. The van der Waals surface area contributed by atoms with Crippen LogP contribution in [-0.4, -0.2) is 28.9 Å². The maximum Gasteiger partial charge on any atom is 0.146 e. The van der Waals surface area contributed by atoms with E-state index in [4.69, 9.17) is 9.15 Å². The lowest BCUT2D eigenvalue weighted by atomic mass is 10.0. The van der Waals surface area contributed by atoms with Gasteiger partial charge in [0, 0.05) is 46.7 Å². The van der Waals surface area contributed by atoms with Crippen molar-refractivity contribution in [3.05, 3.63) is 96.0 Å². The second-order valence-electron chi connectivity index (χ2n) is 9.50. The van der Waals surface area contributed by atoms with Crippen LogP contribution in [0.15, 0.2) is 78.0 Å². The molecule has 0 radical (unpaired) electrons. The van der Waals surface area contributed by atoms with Gasteiger partial charge in [0.25, 0.3) is 0 Å². The first-order chi connectivity index (χ1) is 17.0. The normalized spacial score (nSPS) is 17.9. The number of piperidine rings is 1. The number of fused-ring (bicyclic) bond motifs is 2. The Morgan fingerprint density at radius 1 is 1.11 bits per heavy atom. The Hall–Kier alpha value is -3.44. The Kier molecular flexibility index (Phi) is 6.44. The lowest BCUT2D eigenvalue weighted by Crippen LogP contribution is -2.39. The fraction of sp³-hybridized carbons (Fsp3) is 0.333. The third-order valence-electron chi connectivity index (χ3n) is 7.26. The molecule has 3 heterocycles. The lowest BCUT2D eigenvalue weighted by Gasteiger charge is -2.36. The highest BCUT2D eigenvalue weighted by Crippen LogP contribution is 2.41. The minimum absolute atomic E-state index is 0.203. The summed E-state index contributed by atoms with van der Waals surface area (Å²) in [5, 5.41) is 4.45. The van der Waals surface area contributed by atoms with E-state index in [1.165, 1.54) is 11.1 Å². The van der Waals surface area contributed by atoms with Gasteiger partial charge in [-0.25, -0.2) is 0 Å². The highest BCUT2D eigenvalue weighted by Gasteiger charge is 2.33. The molecular formula is C30H35N3O2. The van der Waals surface area contributed by atoms with Crippen LogP contribution in [0.25, 0.3) is 16.7 Å². The number of allylic oxidation sites excluding steroid dienone is 1. The van der Waals surface area contributed by atoms with Crippen molar-refractivity contribution in [1.82, 2.24) is 15.1 Å².